The Labute approximate surface area is 213 Å². The molecule has 0 aliphatic heterocycles. The van der Waals surface area contributed by atoms with E-state index in [1.54, 1.807) is 30.6 Å². The summed E-state index contributed by atoms with van der Waals surface area (Å²) in [5.41, 5.74) is 1.67. The van der Waals surface area contributed by atoms with Crippen molar-refractivity contribution in [1.82, 2.24) is 15.0 Å². The highest BCUT2D eigenvalue weighted by Gasteiger charge is 2.46. The quantitative estimate of drug-likeness (QED) is 0.288. The molecule has 192 valence electrons. The van der Waals surface area contributed by atoms with Crippen molar-refractivity contribution in [2.24, 2.45) is 0 Å². The second-order valence-electron chi connectivity index (χ2n) is 9.48. The van der Waals surface area contributed by atoms with Crippen molar-refractivity contribution in [3.05, 3.63) is 101 Å². The summed E-state index contributed by atoms with van der Waals surface area (Å²) in [6, 6.07) is 14.8. The largest absolute Gasteiger partial charge is 0.478 e. The first-order chi connectivity index (χ1) is 18.1. The fourth-order valence-electron chi connectivity index (χ4n) is 4.87. The van der Waals surface area contributed by atoms with Gasteiger partial charge in [0.15, 0.2) is 5.58 Å². The maximum Gasteiger partial charge on any atom is 0.416 e. The summed E-state index contributed by atoms with van der Waals surface area (Å²) < 4.78 is 46.2. The van der Waals surface area contributed by atoms with Crippen LogP contribution in [0.2, 0.25) is 0 Å². The highest BCUT2D eigenvalue weighted by atomic mass is 19.4. The third-order valence-electron chi connectivity index (χ3n) is 7.05. The smallest absolute Gasteiger partial charge is 0.416 e. The molecular formula is C28H20F3N3O4. The Morgan fingerprint density at radius 1 is 1.03 bits per heavy atom. The molecule has 1 aliphatic rings. The Morgan fingerprint density at radius 2 is 1.74 bits per heavy atom. The average Bonchev–Trinajstić information content (AvgIpc) is 3.30. The number of hydrogen-bond acceptors (Lipinski definition) is 4. The van der Waals surface area contributed by atoms with Crippen LogP contribution in [-0.2, 0) is 18.3 Å². The Kier molecular flexibility index (Phi) is 5.30. The van der Waals surface area contributed by atoms with Crippen molar-refractivity contribution in [2.45, 2.75) is 31.1 Å². The van der Waals surface area contributed by atoms with Gasteiger partial charge in [-0.2, -0.15) is 13.2 Å². The molecule has 2 aromatic heterocycles. The predicted octanol–water partition coefficient (Wildman–Crippen LogP) is 5.97. The summed E-state index contributed by atoms with van der Waals surface area (Å²) in [6.45, 7) is 0.250. The fraction of sp³-hybridized carbons (Fsp3) is 0.179. The number of carbonyl (C=O) groups is 2. The molecule has 5 aromatic rings. The molecule has 10 heteroatoms. The molecule has 0 saturated heterocycles. The van der Waals surface area contributed by atoms with Gasteiger partial charge in [-0.1, -0.05) is 29.4 Å². The number of nitrogens with one attached hydrogen (secondary N) is 1. The third kappa shape index (κ3) is 4.07. The molecule has 1 saturated carbocycles. The molecule has 38 heavy (non-hydrogen) atoms. The number of alkyl halides is 3. The summed E-state index contributed by atoms with van der Waals surface area (Å²) in [5, 5.41) is 17.6. The van der Waals surface area contributed by atoms with Gasteiger partial charge in [-0.3, -0.25) is 4.79 Å². The van der Waals surface area contributed by atoms with Crippen LogP contribution in [0.15, 0.2) is 77.6 Å². The lowest BCUT2D eigenvalue weighted by Gasteiger charge is -2.19. The maximum atomic E-state index is 13.7. The van der Waals surface area contributed by atoms with E-state index in [-0.39, 0.29) is 18.0 Å². The van der Waals surface area contributed by atoms with Crippen LogP contribution < -0.4 is 5.32 Å². The van der Waals surface area contributed by atoms with Gasteiger partial charge in [0.2, 0.25) is 0 Å². The van der Waals surface area contributed by atoms with E-state index >= 15 is 0 Å². The van der Waals surface area contributed by atoms with Crippen molar-refractivity contribution in [1.29, 1.82) is 0 Å². The third-order valence-corrected chi connectivity index (χ3v) is 7.05. The first kappa shape index (κ1) is 23.8. The minimum absolute atomic E-state index is 0.162. The number of aromatic nitrogens is 2. The van der Waals surface area contributed by atoms with Crippen molar-refractivity contribution in [3.8, 4) is 0 Å². The van der Waals surface area contributed by atoms with Gasteiger partial charge in [0, 0.05) is 18.1 Å². The molecule has 1 amide bonds. The molecule has 3 aromatic carbocycles. The van der Waals surface area contributed by atoms with Crippen molar-refractivity contribution < 1.29 is 32.4 Å². The van der Waals surface area contributed by atoms with Crippen LogP contribution in [0.25, 0.3) is 21.9 Å². The summed E-state index contributed by atoms with van der Waals surface area (Å²) in [5.74, 6) is -1.37. The zero-order valence-electron chi connectivity index (χ0n) is 19.7. The molecule has 0 atom stereocenters. The van der Waals surface area contributed by atoms with Gasteiger partial charge >= 0.3 is 12.1 Å². The van der Waals surface area contributed by atoms with Crippen LogP contribution in [0, 0.1) is 0 Å². The van der Waals surface area contributed by atoms with Crippen LogP contribution in [0.1, 0.15) is 50.2 Å². The molecule has 2 heterocycles. The van der Waals surface area contributed by atoms with Gasteiger partial charge in [-0.05, 0) is 60.4 Å². The summed E-state index contributed by atoms with van der Waals surface area (Å²) >= 11 is 0. The first-order valence-electron chi connectivity index (χ1n) is 11.8. The van der Waals surface area contributed by atoms with Crippen LogP contribution in [-0.4, -0.2) is 26.7 Å². The highest BCUT2D eigenvalue weighted by molar-refractivity contribution is 6.15. The number of hydrogen-bond donors (Lipinski definition) is 2. The number of fused-ring (bicyclic) bond motifs is 3. The number of halogens is 3. The van der Waals surface area contributed by atoms with E-state index in [0.717, 1.165) is 23.1 Å². The molecule has 0 unspecified atom stereocenters. The van der Waals surface area contributed by atoms with E-state index < -0.39 is 23.2 Å². The molecule has 7 nitrogen and oxygen atoms in total. The molecule has 0 bridgehead atoms. The van der Waals surface area contributed by atoms with Crippen molar-refractivity contribution in [2.75, 3.05) is 0 Å². The van der Waals surface area contributed by atoms with E-state index in [1.165, 1.54) is 24.3 Å². The van der Waals surface area contributed by atoms with Crippen LogP contribution >= 0.6 is 0 Å². The topological polar surface area (TPSA) is 97.4 Å². The Hall–Kier alpha value is -4.60. The number of carboxylic acid groups (broad SMARTS) is 1. The average molecular weight is 519 g/mol. The highest BCUT2D eigenvalue weighted by Crippen LogP contribution is 2.46. The molecular weight excluding hydrogens is 499 g/mol. The van der Waals surface area contributed by atoms with E-state index in [1.807, 2.05) is 10.6 Å². The minimum atomic E-state index is -4.42. The molecule has 6 rings (SSSR count). The van der Waals surface area contributed by atoms with Gasteiger partial charge in [-0.15, -0.1) is 0 Å². The van der Waals surface area contributed by atoms with Gasteiger partial charge < -0.3 is 19.5 Å². The molecule has 0 radical (unpaired) electrons. The second-order valence-corrected chi connectivity index (χ2v) is 9.48. The van der Waals surface area contributed by atoms with E-state index in [4.69, 9.17) is 4.52 Å². The number of rotatable bonds is 6. The lowest BCUT2D eigenvalue weighted by molar-refractivity contribution is -0.137. The SMILES string of the molecule is O=C(O)c1ccc(C2(NC(=O)c3cc4oncc4c4ccn(Cc5ccc(C(F)(F)F)cc5)c34)CC2)cc1. The number of benzene rings is 3. The van der Waals surface area contributed by atoms with Crippen LogP contribution in [0.5, 0.6) is 0 Å². The summed E-state index contributed by atoms with van der Waals surface area (Å²) in [7, 11) is 0. The maximum absolute atomic E-state index is 13.7. The zero-order valence-corrected chi connectivity index (χ0v) is 19.7. The molecule has 1 aliphatic carbocycles. The Bertz CT molecular complexity index is 1700. The van der Waals surface area contributed by atoms with Crippen molar-refractivity contribution in [3.63, 3.8) is 0 Å². The zero-order chi connectivity index (χ0) is 26.7. The Morgan fingerprint density at radius 3 is 2.37 bits per heavy atom. The lowest BCUT2D eigenvalue weighted by Crippen LogP contribution is -2.35. The number of carboxylic acids is 1. The minimum Gasteiger partial charge on any atom is -0.478 e. The number of aromatic carboxylic acids is 1. The standard InChI is InChI=1S/C28H20F3N3O4/c29-28(30,31)19-5-1-16(2-6-19)15-34-12-9-20-22-14-32-38-23(22)13-21(24(20)34)25(35)33-27(10-11-27)18-7-3-17(4-8-18)26(36)37/h1-9,12-14H,10-11,15H2,(H,33,35)(H,36,37). The second kappa shape index (κ2) is 8.47. The van der Waals surface area contributed by atoms with E-state index in [9.17, 15) is 27.9 Å². The van der Waals surface area contributed by atoms with Gasteiger partial charge in [0.05, 0.1) is 39.3 Å². The van der Waals surface area contributed by atoms with Gasteiger partial charge in [0.1, 0.15) is 0 Å². The fourth-order valence-corrected chi connectivity index (χ4v) is 4.87. The van der Waals surface area contributed by atoms with Crippen LogP contribution in [0.4, 0.5) is 13.2 Å². The monoisotopic (exact) mass is 519 g/mol. The lowest BCUT2D eigenvalue weighted by atomic mass is 10.0. The molecule has 2 N–H and O–H groups in total. The Balaban J connectivity index is 1.36. The number of amides is 1. The molecule has 0 spiro atoms. The van der Waals surface area contributed by atoms with E-state index in [0.29, 0.717) is 40.5 Å². The van der Waals surface area contributed by atoms with Crippen molar-refractivity contribution >= 4 is 33.7 Å². The summed E-state index contributed by atoms with van der Waals surface area (Å²) in [6.07, 6.45) is 0.324. The van der Waals surface area contributed by atoms with E-state index in [2.05, 4.69) is 10.5 Å². The van der Waals surface area contributed by atoms with Crippen LogP contribution in [0.3, 0.4) is 0 Å². The van der Waals surface area contributed by atoms with Gasteiger partial charge in [0.25, 0.3) is 5.91 Å². The predicted molar refractivity (Wildman–Crippen MR) is 132 cm³/mol. The van der Waals surface area contributed by atoms with Gasteiger partial charge in [-0.25, -0.2) is 4.79 Å². The molecule has 1 fully saturated rings. The normalized spacial score (nSPS) is 14.6. The first-order valence-corrected chi connectivity index (χ1v) is 11.8. The number of nitrogens with zero attached hydrogens (tertiary/aromatic N) is 2. The summed E-state index contributed by atoms with van der Waals surface area (Å²) in [4.78, 5) is 24.9. The number of carbonyl (C=O) groups excluding carboxylic acids is 1.